The Morgan fingerprint density at radius 1 is 1.31 bits per heavy atom. The largest absolute Gasteiger partial charge is 0.490 e. The van der Waals surface area contributed by atoms with E-state index in [0.717, 1.165) is 45.0 Å². The van der Waals surface area contributed by atoms with Crippen LogP contribution in [0.15, 0.2) is 18.5 Å². The number of halogens is 3. The van der Waals surface area contributed by atoms with Crippen LogP contribution in [0.25, 0.3) is 0 Å². The lowest BCUT2D eigenvalue weighted by atomic mass is 9.71. The third-order valence-corrected chi connectivity index (χ3v) is 5.41. The summed E-state index contributed by atoms with van der Waals surface area (Å²) in [6, 6.07) is 1.83. The van der Waals surface area contributed by atoms with Gasteiger partial charge < -0.3 is 19.6 Å². The SMILES string of the molecule is CCN1CC2(CCN(c3ncccn3)CC2)C(COC)C1=O.O=C(O)C(F)(F)F. The van der Waals surface area contributed by atoms with Crippen LogP contribution >= 0.6 is 0 Å². The number of ether oxygens (including phenoxy) is 1. The van der Waals surface area contributed by atoms with Crippen molar-refractivity contribution < 1.29 is 32.6 Å². The molecule has 2 aliphatic rings. The molecule has 11 heteroatoms. The summed E-state index contributed by atoms with van der Waals surface area (Å²) in [4.78, 5) is 34.3. The summed E-state index contributed by atoms with van der Waals surface area (Å²) in [5, 5.41) is 7.12. The lowest BCUT2D eigenvalue weighted by molar-refractivity contribution is -0.192. The van der Waals surface area contributed by atoms with Crippen LogP contribution in [0.3, 0.4) is 0 Å². The van der Waals surface area contributed by atoms with Gasteiger partial charge in [0.25, 0.3) is 0 Å². The molecule has 3 heterocycles. The Morgan fingerprint density at radius 3 is 2.31 bits per heavy atom. The summed E-state index contributed by atoms with van der Waals surface area (Å²) in [7, 11) is 1.68. The van der Waals surface area contributed by atoms with Crippen molar-refractivity contribution >= 4 is 17.8 Å². The molecule has 0 bridgehead atoms. The first kappa shape index (κ1) is 22.9. The van der Waals surface area contributed by atoms with Crippen molar-refractivity contribution in [2.24, 2.45) is 11.3 Å². The fourth-order valence-electron chi connectivity index (χ4n) is 3.85. The number of carboxylic acids is 1. The van der Waals surface area contributed by atoms with E-state index in [1.807, 2.05) is 17.9 Å². The number of nitrogens with zero attached hydrogens (tertiary/aromatic N) is 4. The average Bonchev–Trinajstić information content (AvgIpc) is 2.95. The fourth-order valence-corrected chi connectivity index (χ4v) is 3.85. The van der Waals surface area contributed by atoms with Crippen LogP contribution in [-0.2, 0) is 14.3 Å². The first-order valence-corrected chi connectivity index (χ1v) is 9.24. The zero-order valence-corrected chi connectivity index (χ0v) is 16.4. The van der Waals surface area contributed by atoms with Gasteiger partial charge in [0.05, 0.1) is 12.5 Å². The highest BCUT2D eigenvalue weighted by Crippen LogP contribution is 2.45. The van der Waals surface area contributed by atoms with E-state index in [2.05, 4.69) is 14.9 Å². The number of carbonyl (C=O) groups is 2. The van der Waals surface area contributed by atoms with Crippen molar-refractivity contribution in [1.82, 2.24) is 14.9 Å². The number of rotatable bonds is 4. The number of piperidine rings is 1. The Kier molecular flexibility index (Phi) is 7.39. The van der Waals surface area contributed by atoms with Gasteiger partial charge in [-0.3, -0.25) is 4.79 Å². The Bertz CT molecular complexity index is 694. The molecule has 29 heavy (non-hydrogen) atoms. The first-order valence-electron chi connectivity index (χ1n) is 9.24. The molecule has 3 rings (SSSR count). The molecule has 1 amide bonds. The van der Waals surface area contributed by atoms with Gasteiger partial charge in [-0.1, -0.05) is 0 Å². The molecule has 0 saturated carbocycles. The van der Waals surface area contributed by atoms with Crippen LogP contribution in [0.1, 0.15) is 19.8 Å². The zero-order valence-electron chi connectivity index (χ0n) is 16.4. The Hall–Kier alpha value is -2.43. The molecular formula is C18H25F3N4O4. The molecule has 0 radical (unpaired) electrons. The lowest BCUT2D eigenvalue weighted by Gasteiger charge is -2.41. The molecule has 2 fully saturated rings. The van der Waals surface area contributed by atoms with Crippen molar-refractivity contribution in [3.63, 3.8) is 0 Å². The molecule has 1 spiro atoms. The van der Waals surface area contributed by atoms with Crippen LogP contribution in [0.4, 0.5) is 19.1 Å². The summed E-state index contributed by atoms with van der Waals surface area (Å²) < 4.78 is 37.1. The second kappa shape index (κ2) is 9.38. The number of aromatic nitrogens is 2. The Morgan fingerprint density at radius 2 is 1.86 bits per heavy atom. The normalized spacial score (nSPS) is 21.1. The first-order chi connectivity index (χ1) is 13.6. The van der Waals surface area contributed by atoms with Crippen LogP contribution in [-0.4, -0.2) is 77.9 Å². The van der Waals surface area contributed by atoms with E-state index in [9.17, 15) is 18.0 Å². The number of hydrogen-bond acceptors (Lipinski definition) is 6. The summed E-state index contributed by atoms with van der Waals surface area (Å²) in [6.07, 6.45) is 0.444. The number of anilines is 1. The van der Waals surface area contributed by atoms with Gasteiger partial charge in [0.1, 0.15) is 0 Å². The number of carboxylic acid groups (broad SMARTS) is 1. The third kappa shape index (κ3) is 5.34. The van der Waals surface area contributed by atoms with Gasteiger partial charge in [-0.05, 0) is 25.8 Å². The van der Waals surface area contributed by atoms with Gasteiger partial charge in [0.2, 0.25) is 11.9 Å². The van der Waals surface area contributed by atoms with Crippen molar-refractivity contribution in [1.29, 1.82) is 0 Å². The van der Waals surface area contributed by atoms with E-state index < -0.39 is 12.1 Å². The van der Waals surface area contributed by atoms with E-state index in [-0.39, 0.29) is 17.2 Å². The number of hydrogen-bond donors (Lipinski definition) is 1. The molecule has 0 aromatic carbocycles. The molecule has 2 saturated heterocycles. The van der Waals surface area contributed by atoms with Gasteiger partial charge in [0.15, 0.2) is 0 Å². The minimum atomic E-state index is -5.08. The monoisotopic (exact) mass is 418 g/mol. The van der Waals surface area contributed by atoms with E-state index in [1.54, 1.807) is 19.5 Å². The molecular weight excluding hydrogens is 393 g/mol. The quantitative estimate of drug-likeness (QED) is 0.797. The Labute approximate surface area is 166 Å². The highest BCUT2D eigenvalue weighted by Gasteiger charge is 2.52. The molecule has 1 unspecified atom stereocenters. The maximum atomic E-state index is 12.6. The van der Waals surface area contributed by atoms with E-state index >= 15 is 0 Å². The second-order valence-electron chi connectivity index (χ2n) is 7.06. The maximum absolute atomic E-state index is 12.6. The van der Waals surface area contributed by atoms with Gasteiger partial charge in [-0.25, -0.2) is 14.8 Å². The molecule has 162 valence electrons. The molecule has 1 N–H and O–H groups in total. The fraction of sp³-hybridized carbons (Fsp3) is 0.667. The zero-order chi connectivity index (χ0) is 21.7. The van der Waals surface area contributed by atoms with Crippen LogP contribution in [0.5, 0.6) is 0 Å². The highest BCUT2D eigenvalue weighted by atomic mass is 19.4. The molecule has 1 aromatic rings. The number of methoxy groups -OCH3 is 1. The second-order valence-corrected chi connectivity index (χ2v) is 7.06. The molecule has 1 aromatic heterocycles. The topological polar surface area (TPSA) is 95.9 Å². The van der Waals surface area contributed by atoms with Crippen LogP contribution in [0.2, 0.25) is 0 Å². The summed E-state index contributed by atoms with van der Waals surface area (Å²) in [5.41, 5.74) is 0.0500. The molecule has 0 aliphatic carbocycles. The predicted molar refractivity (Wildman–Crippen MR) is 97.2 cm³/mol. The average molecular weight is 418 g/mol. The minimum Gasteiger partial charge on any atom is -0.475 e. The molecule has 2 aliphatic heterocycles. The van der Waals surface area contributed by atoms with Crippen LogP contribution in [0, 0.1) is 11.3 Å². The van der Waals surface area contributed by atoms with Crippen molar-refractivity contribution in [3.05, 3.63) is 18.5 Å². The molecule has 1 atom stereocenters. The van der Waals surface area contributed by atoms with Gasteiger partial charge in [-0.15, -0.1) is 0 Å². The summed E-state index contributed by atoms with van der Waals surface area (Å²) >= 11 is 0. The summed E-state index contributed by atoms with van der Waals surface area (Å²) in [6.45, 7) is 6.02. The summed E-state index contributed by atoms with van der Waals surface area (Å²) in [5.74, 6) is -1.71. The standard InChI is InChI=1S/C16H24N4O2.C2HF3O2/c1-3-19-12-16(13(11-22-2)14(19)21)5-9-20(10-6-16)15-17-7-4-8-18-15;3-2(4,5)1(6)7/h4,7-8,13H,3,5-6,9-12H2,1-2H3;(H,6,7). The number of amides is 1. The predicted octanol–water partition coefficient (Wildman–Crippen LogP) is 1.82. The Balaban J connectivity index is 0.000000370. The van der Waals surface area contributed by atoms with Crippen molar-refractivity contribution in [3.8, 4) is 0 Å². The number of alkyl halides is 3. The van der Waals surface area contributed by atoms with E-state index in [0.29, 0.717) is 6.61 Å². The van der Waals surface area contributed by atoms with Crippen LogP contribution < -0.4 is 4.90 Å². The van der Waals surface area contributed by atoms with Gasteiger partial charge in [0, 0.05) is 51.1 Å². The number of likely N-dealkylation sites (tertiary alicyclic amines) is 1. The third-order valence-electron chi connectivity index (χ3n) is 5.41. The minimum absolute atomic E-state index is 0.00343. The highest BCUT2D eigenvalue weighted by molar-refractivity contribution is 5.82. The maximum Gasteiger partial charge on any atom is 0.490 e. The lowest BCUT2D eigenvalue weighted by Crippen LogP contribution is -2.46. The van der Waals surface area contributed by atoms with E-state index in [4.69, 9.17) is 14.6 Å². The molecule has 8 nitrogen and oxygen atoms in total. The van der Waals surface area contributed by atoms with Gasteiger partial charge in [-0.2, -0.15) is 13.2 Å². The van der Waals surface area contributed by atoms with Gasteiger partial charge >= 0.3 is 12.1 Å². The number of carbonyl (C=O) groups excluding carboxylic acids is 1. The smallest absolute Gasteiger partial charge is 0.475 e. The number of aliphatic carboxylic acids is 1. The van der Waals surface area contributed by atoms with Crippen molar-refractivity contribution in [2.45, 2.75) is 25.9 Å². The van der Waals surface area contributed by atoms with Crippen molar-refractivity contribution in [2.75, 3.05) is 44.8 Å². The van der Waals surface area contributed by atoms with E-state index in [1.165, 1.54) is 0 Å².